The maximum atomic E-state index is 4.25. The Morgan fingerprint density at radius 2 is 0.913 bits per heavy atom. The molecule has 2 nitrogen and oxygen atoms in total. The lowest BCUT2D eigenvalue weighted by atomic mass is 9.95. The van der Waals surface area contributed by atoms with Crippen molar-refractivity contribution in [1.82, 2.24) is 0 Å². The smallest absolute Gasteiger partial charge is 0.0490 e. The van der Waals surface area contributed by atoms with Crippen LogP contribution in [0, 0.1) is 20.8 Å². The topological polar surface area (TPSA) is 6.48 Å². The van der Waals surface area contributed by atoms with E-state index in [0.717, 1.165) is 28.2 Å². The van der Waals surface area contributed by atoms with Gasteiger partial charge in [-0.2, -0.15) is 0 Å². The molecule has 0 atom stereocenters. The number of para-hydroxylation sites is 2. The third-order valence-corrected chi connectivity index (χ3v) is 15.8. The molecule has 0 aliphatic heterocycles. The molecule has 0 unspecified atom stereocenters. The van der Waals surface area contributed by atoms with Crippen molar-refractivity contribution in [2.24, 2.45) is 0 Å². The molecule has 0 aliphatic rings. The average Bonchev–Trinajstić information content (AvgIpc) is 3.95. The van der Waals surface area contributed by atoms with Crippen LogP contribution in [-0.2, 0) is 0 Å². The van der Waals surface area contributed by atoms with Gasteiger partial charge in [0.05, 0.1) is 0 Å². The van der Waals surface area contributed by atoms with Crippen LogP contribution in [0.1, 0.15) is 29.2 Å². The number of benzene rings is 9. The predicted molar refractivity (Wildman–Crippen MR) is 304 cm³/mol. The van der Waals surface area contributed by atoms with Crippen LogP contribution < -0.4 is 9.80 Å². The molecule has 334 valence electrons. The summed E-state index contributed by atoms with van der Waals surface area (Å²) in [6.07, 6.45) is 6.59. The summed E-state index contributed by atoms with van der Waals surface area (Å²) >= 11 is 3.72. The van der Waals surface area contributed by atoms with Crippen molar-refractivity contribution in [3.05, 3.63) is 253 Å². The normalized spacial score (nSPS) is 12.1. The lowest BCUT2D eigenvalue weighted by Crippen LogP contribution is -2.18. The Morgan fingerprint density at radius 1 is 0.449 bits per heavy atom. The molecule has 0 spiro atoms. The van der Waals surface area contributed by atoms with Gasteiger partial charge in [0.25, 0.3) is 0 Å². The minimum Gasteiger partial charge on any atom is -0.337 e. The molecule has 4 heteroatoms. The molecule has 0 saturated carbocycles. The van der Waals surface area contributed by atoms with Crippen molar-refractivity contribution in [2.45, 2.75) is 27.7 Å². The van der Waals surface area contributed by atoms with E-state index in [1.165, 1.54) is 96.2 Å². The number of rotatable bonds is 12. The number of nitrogens with zero attached hydrogens (tertiary/aromatic N) is 2. The van der Waals surface area contributed by atoms with E-state index in [-0.39, 0.29) is 0 Å². The van der Waals surface area contributed by atoms with E-state index in [1.807, 2.05) is 28.7 Å². The fourth-order valence-electron chi connectivity index (χ4n) is 9.82. The minimum atomic E-state index is 0.687. The van der Waals surface area contributed by atoms with Crippen LogP contribution in [-0.4, -0.2) is 6.54 Å². The van der Waals surface area contributed by atoms with Gasteiger partial charge in [-0.25, -0.2) is 0 Å². The van der Waals surface area contributed by atoms with E-state index in [1.54, 1.807) is 0 Å². The Kier molecular flexibility index (Phi) is 11.9. The highest BCUT2D eigenvalue weighted by atomic mass is 32.1. The van der Waals surface area contributed by atoms with Gasteiger partial charge in [0, 0.05) is 75.3 Å². The Labute approximate surface area is 413 Å². The van der Waals surface area contributed by atoms with Crippen molar-refractivity contribution < 1.29 is 0 Å². The Morgan fingerprint density at radius 3 is 1.46 bits per heavy atom. The zero-order valence-corrected chi connectivity index (χ0v) is 41.0. The molecule has 0 bridgehead atoms. The van der Waals surface area contributed by atoms with Gasteiger partial charge < -0.3 is 9.80 Å². The second-order valence-corrected chi connectivity index (χ2v) is 20.1. The van der Waals surface area contributed by atoms with Crippen molar-refractivity contribution in [1.29, 1.82) is 0 Å². The first kappa shape index (κ1) is 43.8. The van der Waals surface area contributed by atoms with Crippen LogP contribution >= 0.6 is 22.7 Å². The second kappa shape index (κ2) is 18.7. The Hall–Kier alpha value is -7.76. The molecular formula is C65H52N2S2. The molecule has 2 aromatic heterocycles. The van der Waals surface area contributed by atoms with Gasteiger partial charge in [-0.1, -0.05) is 140 Å². The van der Waals surface area contributed by atoms with E-state index >= 15 is 0 Å². The highest BCUT2D eigenvalue weighted by molar-refractivity contribution is 7.26. The SMILES string of the molecule is C=C/C(C)=C(\C=C/CN(c1ccc2sc3ccc(-c4ccccc4)cc3c2c1)c1ccccc1C)c1ccc(N(c2ccc3sc4ccc(-c5ccccc5)cc4c3c2)c2ccccc2C)cc1C. The standard InChI is InChI=1S/C65H52N2S2/c1-6-43(2)54(24-17-37-66(60-25-15-13-18-44(60)3)51-30-35-64-58(41-51)56-39-49(27-33-62(56)68-64)47-20-9-7-10-21-47)55-32-29-52(38-46(55)5)67(61-26-16-14-19-45(61)4)53-31-36-65-59(42-53)57-40-50(28-34-63(57)69-65)48-22-11-8-12-23-48/h6-36,38-42H,1,37H2,2-5H3/b24-17-,54-43+. The number of allylic oxidation sites excluding steroid dienone is 4. The van der Waals surface area contributed by atoms with Gasteiger partial charge in [0.2, 0.25) is 0 Å². The van der Waals surface area contributed by atoms with Crippen LogP contribution in [0.2, 0.25) is 0 Å². The van der Waals surface area contributed by atoms with Gasteiger partial charge >= 0.3 is 0 Å². The zero-order chi connectivity index (χ0) is 47.0. The van der Waals surface area contributed by atoms with E-state index in [0.29, 0.717) is 6.54 Å². The predicted octanol–water partition coefficient (Wildman–Crippen LogP) is 19.5. The maximum absolute atomic E-state index is 4.25. The number of thiophene rings is 2. The summed E-state index contributed by atoms with van der Waals surface area (Å²) in [5, 5.41) is 5.14. The average molecular weight is 925 g/mol. The van der Waals surface area contributed by atoms with Crippen molar-refractivity contribution >= 4 is 97.0 Å². The number of aryl methyl sites for hydroxylation is 3. The molecule has 0 N–H and O–H groups in total. The molecule has 11 aromatic rings. The summed E-state index contributed by atoms with van der Waals surface area (Å²) in [6, 6.07) is 73.4. The third kappa shape index (κ3) is 8.48. The summed E-state index contributed by atoms with van der Waals surface area (Å²) < 4.78 is 5.18. The molecule has 2 heterocycles. The monoisotopic (exact) mass is 924 g/mol. The molecule has 9 aromatic carbocycles. The summed E-state index contributed by atoms with van der Waals surface area (Å²) in [5.41, 5.74) is 17.8. The quantitative estimate of drug-likeness (QED) is 0.113. The van der Waals surface area contributed by atoms with Gasteiger partial charge in [-0.05, 0) is 168 Å². The molecule has 0 saturated heterocycles. The summed E-state index contributed by atoms with van der Waals surface area (Å²) in [5.74, 6) is 0. The van der Waals surface area contributed by atoms with E-state index < -0.39 is 0 Å². The number of fused-ring (bicyclic) bond motifs is 6. The van der Waals surface area contributed by atoms with Crippen LogP contribution in [0.15, 0.2) is 231 Å². The molecule has 0 fully saturated rings. The first-order valence-electron chi connectivity index (χ1n) is 23.6. The lowest BCUT2D eigenvalue weighted by Gasteiger charge is -2.28. The Bertz CT molecular complexity index is 3780. The zero-order valence-electron chi connectivity index (χ0n) is 39.4. The summed E-state index contributed by atoms with van der Waals surface area (Å²) in [6.45, 7) is 13.8. The number of hydrogen-bond acceptors (Lipinski definition) is 4. The largest absolute Gasteiger partial charge is 0.337 e. The molecule has 11 rings (SSSR count). The number of hydrogen-bond donors (Lipinski definition) is 0. The third-order valence-electron chi connectivity index (χ3n) is 13.5. The number of anilines is 5. The van der Waals surface area contributed by atoms with Crippen LogP contribution in [0.3, 0.4) is 0 Å². The van der Waals surface area contributed by atoms with Gasteiger partial charge in [-0.15, -0.1) is 22.7 Å². The second-order valence-electron chi connectivity index (χ2n) is 17.9. The van der Waals surface area contributed by atoms with Gasteiger partial charge in [0.15, 0.2) is 0 Å². The van der Waals surface area contributed by atoms with Crippen LogP contribution in [0.4, 0.5) is 28.4 Å². The first-order valence-corrected chi connectivity index (χ1v) is 25.3. The summed E-state index contributed by atoms with van der Waals surface area (Å²) in [4.78, 5) is 4.87. The highest BCUT2D eigenvalue weighted by Crippen LogP contribution is 2.44. The minimum absolute atomic E-state index is 0.687. The van der Waals surface area contributed by atoms with Gasteiger partial charge in [0.1, 0.15) is 0 Å². The highest BCUT2D eigenvalue weighted by Gasteiger charge is 2.19. The van der Waals surface area contributed by atoms with Crippen molar-refractivity contribution in [3.8, 4) is 22.3 Å². The van der Waals surface area contributed by atoms with Gasteiger partial charge in [-0.3, -0.25) is 0 Å². The lowest BCUT2D eigenvalue weighted by molar-refractivity contribution is 1.09. The van der Waals surface area contributed by atoms with Crippen molar-refractivity contribution in [2.75, 3.05) is 16.3 Å². The molecule has 69 heavy (non-hydrogen) atoms. The summed E-state index contributed by atoms with van der Waals surface area (Å²) in [7, 11) is 0. The molecule has 0 amide bonds. The van der Waals surface area contributed by atoms with E-state index in [4.69, 9.17) is 0 Å². The fourth-order valence-corrected chi connectivity index (χ4v) is 12.0. The molecule has 0 aliphatic carbocycles. The maximum Gasteiger partial charge on any atom is 0.0490 e. The first-order chi connectivity index (χ1) is 33.8. The van der Waals surface area contributed by atoms with Crippen LogP contribution in [0.25, 0.3) is 68.2 Å². The fraction of sp³-hybridized carbons (Fsp3) is 0.0769. The molecule has 0 radical (unpaired) electrons. The van der Waals surface area contributed by atoms with Crippen molar-refractivity contribution in [3.63, 3.8) is 0 Å². The van der Waals surface area contributed by atoms with E-state index in [9.17, 15) is 0 Å². The molecular weight excluding hydrogens is 873 g/mol. The van der Waals surface area contributed by atoms with E-state index in [2.05, 4.69) is 256 Å². The van der Waals surface area contributed by atoms with Crippen LogP contribution in [0.5, 0.6) is 0 Å². The Balaban J connectivity index is 0.950.